The van der Waals surface area contributed by atoms with Gasteiger partial charge in [-0.15, -0.1) is 0 Å². The summed E-state index contributed by atoms with van der Waals surface area (Å²) < 4.78 is 0. The van der Waals surface area contributed by atoms with Crippen molar-refractivity contribution in [2.24, 2.45) is 5.92 Å². The molecule has 1 aliphatic carbocycles. The van der Waals surface area contributed by atoms with Gasteiger partial charge in [0.15, 0.2) is 0 Å². The van der Waals surface area contributed by atoms with Crippen LogP contribution in [0, 0.1) is 5.92 Å². The highest BCUT2D eigenvalue weighted by atomic mass is 15.2. The number of hydrogen-bond acceptors (Lipinski definition) is 6. The van der Waals surface area contributed by atoms with Crippen LogP contribution in [-0.4, -0.2) is 61.5 Å². The smallest absolute Gasteiger partial charge is 0.0606 e. The molecule has 0 aromatic carbocycles. The van der Waals surface area contributed by atoms with E-state index >= 15 is 0 Å². The van der Waals surface area contributed by atoms with Crippen LogP contribution in [0.25, 0.3) is 0 Å². The molecule has 8 atom stereocenters. The van der Waals surface area contributed by atoms with Gasteiger partial charge in [0, 0.05) is 54.5 Å². The number of nitrogens with one attached hydrogen (secondary N) is 6. The first kappa shape index (κ1) is 25.4. The maximum absolute atomic E-state index is 4.21. The Morgan fingerprint density at radius 1 is 0.583 bits per heavy atom. The Morgan fingerprint density at radius 2 is 1.28 bits per heavy atom. The fourth-order valence-corrected chi connectivity index (χ4v) is 8.32. The summed E-state index contributed by atoms with van der Waals surface area (Å²) in [7, 11) is 0. The zero-order valence-corrected chi connectivity index (χ0v) is 22.4. The van der Waals surface area contributed by atoms with E-state index in [1.807, 2.05) is 0 Å². The van der Waals surface area contributed by atoms with E-state index < -0.39 is 0 Å². The predicted molar refractivity (Wildman–Crippen MR) is 149 cm³/mol. The number of piperidine rings is 3. The lowest BCUT2D eigenvalue weighted by atomic mass is 9.79. The second-order valence-electron chi connectivity index (χ2n) is 12.7. The van der Waals surface area contributed by atoms with Gasteiger partial charge in [-0.1, -0.05) is 44.3 Å². The van der Waals surface area contributed by atoms with Crippen molar-refractivity contribution in [2.75, 3.05) is 13.1 Å². The molecule has 4 saturated heterocycles. The first-order valence-electron chi connectivity index (χ1n) is 15.7. The van der Waals surface area contributed by atoms with Crippen molar-refractivity contribution in [3.05, 3.63) is 23.9 Å². The van der Waals surface area contributed by atoms with Gasteiger partial charge in [-0.25, -0.2) is 0 Å². The van der Waals surface area contributed by atoms with Gasteiger partial charge in [0.05, 0.1) is 6.17 Å². The molecule has 6 N–H and O–H groups in total. The molecule has 5 fully saturated rings. The topological polar surface area (TPSA) is 72.2 Å². The van der Waals surface area contributed by atoms with E-state index in [0.29, 0.717) is 48.5 Å². The van der Waals surface area contributed by atoms with Crippen molar-refractivity contribution in [1.29, 1.82) is 0 Å². The average molecular weight is 497 g/mol. The van der Waals surface area contributed by atoms with E-state index in [2.05, 4.69) is 50.1 Å². The minimum Gasteiger partial charge on any atom is -0.384 e. The fourth-order valence-electron chi connectivity index (χ4n) is 8.32. The zero-order valence-electron chi connectivity index (χ0n) is 22.4. The second-order valence-corrected chi connectivity index (χ2v) is 12.7. The predicted octanol–water partition coefficient (Wildman–Crippen LogP) is 3.42. The van der Waals surface area contributed by atoms with Gasteiger partial charge < -0.3 is 21.3 Å². The molecular weight excluding hydrogens is 444 g/mol. The van der Waals surface area contributed by atoms with E-state index in [0.717, 1.165) is 12.5 Å². The third kappa shape index (κ3) is 6.04. The Bertz CT molecular complexity index is 755. The molecule has 6 aliphatic rings. The molecule has 0 aromatic heterocycles. The van der Waals surface area contributed by atoms with Crippen molar-refractivity contribution in [2.45, 2.75) is 145 Å². The summed E-state index contributed by atoms with van der Waals surface area (Å²) in [6.45, 7) is 2.18. The minimum absolute atomic E-state index is 0.473. The molecule has 0 spiro atoms. The molecular formula is C30H52N6. The molecule has 6 rings (SSSR count). The van der Waals surface area contributed by atoms with Crippen molar-refractivity contribution in [3.8, 4) is 0 Å². The minimum atomic E-state index is 0.473. The molecule has 5 heterocycles. The molecule has 6 nitrogen and oxygen atoms in total. The molecule has 0 radical (unpaired) electrons. The van der Waals surface area contributed by atoms with Crippen LogP contribution in [0.5, 0.6) is 0 Å². The van der Waals surface area contributed by atoms with Gasteiger partial charge in [0.2, 0.25) is 0 Å². The average Bonchev–Trinajstić information content (AvgIpc) is 2.98. The van der Waals surface area contributed by atoms with E-state index in [4.69, 9.17) is 0 Å². The largest absolute Gasteiger partial charge is 0.384 e. The Balaban J connectivity index is 1.15. The monoisotopic (exact) mass is 496 g/mol. The fraction of sp³-hybridized carbons (Fsp3) is 0.867. The molecule has 0 aromatic rings. The highest BCUT2D eigenvalue weighted by Gasteiger charge is 2.42. The van der Waals surface area contributed by atoms with Gasteiger partial charge in [-0.3, -0.25) is 10.6 Å². The molecule has 0 amide bonds. The lowest BCUT2D eigenvalue weighted by Gasteiger charge is -2.50. The van der Waals surface area contributed by atoms with Gasteiger partial charge in [0.25, 0.3) is 0 Å². The van der Waals surface area contributed by atoms with Gasteiger partial charge in [-0.05, 0) is 82.7 Å². The van der Waals surface area contributed by atoms with Crippen molar-refractivity contribution in [3.63, 3.8) is 0 Å². The molecule has 1 saturated carbocycles. The SMILES string of the molecule is C1=CCNC(C2CCCC(C3CC(C4CCCC(C5CCCCN5)N4)NC(C4CCCCC4)N3)N2)=C1. The van der Waals surface area contributed by atoms with Crippen LogP contribution in [0.15, 0.2) is 23.9 Å². The third-order valence-corrected chi connectivity index (χ3v) is 10.3. The molecule has 5 aliphatic heterocycles. The zero-order chi connectivity index (χ0) is 24.2. The summed E-state index contributed by atoms with van der Waals surface area (Å²) in [6.07, 6.45) is 27.5. The standard InChI is InChI=1S/C30H52N6/c1-2-10-21(11-3-1)30-35-28(26-16-8-14-24(33-26)22-12-4-6-18-31-22)20-29(36-30)27-17-9-15-25(34-27)23-13-5-7-19-32-23/h4,6,12,21,23-36H,1-3,5,7-11,13-20H2. The summed E-state index contributed by atoms with van der Waals surface area (Å²) in [5.41, 5.74) is 1.40. The lowest BCUT2D eigenvalue weighted by Crippen LogP contribution is -2.71. The highest BCUT2D eigenvalue weighted by Crippen LogP contribution is 2.32. The Morgan fingerprint density at radius 3 is 2.00 bits per heavy atom. The lowest BCUT2D eigenvalue weighted by molar-refractivity contribution is 0.0979. The van der Waals surface area contributed by atoms with E-state index in [-0.39, 0.29) is 0 Å². The quantitative estimate of drug-likeness (QED) is 0.351. The molecule has 36 heavy (non-hydrogen) atoms. The maximum atomic E-state index is 4.21. The van der Waals surface area contributed by atoms with Gasteiger partial charge in [0.1, 0.15) is 0 Å². The van der Waals surface area contributed by atoms with E-state index in [1.54, 1.807) is 0 Å². The summed E-state index contributed by atoms with van der Waals surface area (Å²) in [5, 5.41) is 24.2. The molecule has 8 unspecified atom stereocenters. The van der Waals surface area contributed by atoms with Crippen molar-refractivity contribution >= 4 is 0 Å². The Labute approximate surface area is 219 Å². The third-order valence-electron chi connectivity index (χ3n) is 10.3. The van der Waals surface area contributed by atoms with E-state index in [9.17, 15) is 0 Å². The van der Waals surface area contributed by atoms with Crippen molar-refractivity contribution < 1.29 is 0 Å². The molecule has 0 bridgehead atoms. The molecule has 6 heteroatoms. The normalized spacial score (nSPS) is 42.9. The van der Waals surface area contributed by atoms with Crippen LogP contribution < -0.4 is 31.9 Å². The van der Waals surface area contributed by atoms with Crippen LogP contribution in [-0.2, 0) is 0 Å². The maximum Gasteiger partial charge on any atom is 0.0606 e. The second kappa shape index (κ2) is 12.3. The van der Waals surface area contributed by atoms with Crippen LogP contribution in [0.4, 0.5) is 0 Å². The number of allylic oxidation sites excluding steroid dienone is 2. The number of rotatable bonds is 5. The number of dihydropyridines is 1. The summed E-state index contributed by atoms with van der Waals surface area (Å²) in [5.74, 6) is 0.788. The van der Waals surface area contributed by atoms with Gasteiger partial charge >= 0.3 is 0 Å². The van der Waals surface area contributed by atoms with Gasteiger partial charge in [-0.2, -0.15) is 0 Å². The van der Waals surface area contributed by atoms with Crippen LogP contribution in [0.1, 0.15) is 96.3 Å². The first-order valence-corrected chi connectivity index (χ1v) is 15.7. The first-order chi connectivity index (χ1) is 17.8. The summed E-state index contributed by atoms with van der Waals surface area (Å²) >= 11 is 0. The highest BCUT2D eigenvalue weighted by molar-refractivity contribution is 5.22. The summed E-state index contributed by atoms with van der Waals surface area (Å²) in [4.78, 5) is 0. The molecule has 202 valence electrons. The Kier molecular flexibility index (Phi) is 8.66. The van der Waals surface area contributed by atoms with Crippen molar-refractivity contribution in [1.82, 2.24) is 31.9 Å². The van der Waals surface area contributed by atoms with E-state index in [1.165, 1.54) is 109 Å². The number of hydrogen-bond donors (Lipinski definition) is 6. The van der Waals surface area contributed by atoms with Crippen LogP contribution >= 0.6 is 0 Å². The van der Waals surface area contributed by atoms with Crippen LogP contribution in [0.2, 0.25) is 0 Å². The summed E-state index contributed by atoms with van der Waals surface area (Å²) in [6, 6.07) is 4.11. The Hall–Kier alpha value is -0.920. The van der Waals surface area contributed by atoms with Crippen LogP contribution in [0.3, 0.4) is 0 Å².